The average molecular weight is 401 g/mol. The van der Waals surface area contributed by atoms with Crippen molar-refractivity contribution in [3.05, 3.63) is 0 Å². The van der Waals surface area contributed by atoms with Gasteiger partial charge in [0.15, 0.2) is 0 Å². The first-order valence-corrected chi connectivity index (χ1v) is 7.32. The van der Waals surface area contributed by atoms with Crippen molar-refractivity contribution < 1.29 is 55.8 Å². The number of ketones is 1. The Bertz CT molecular complexity index is 164. The van der Waals surface area contributed by atoms with Crippen LogP contribution in [0.2, 0.25) is 0 Å². The molecule has 0 saturated carbocycles. The summed E-state index contributed by atoms with van der Waals surface area (Å²) >= 11 is 0. The van der Waals surface area contributed by atoms with Crippen molar-refractivity contribution in [3.63, 3.8) is 0 Å². The molecular formula is C15H33O6Zr-. The number of rotatable bonds is 8. The third-order valence-electron chi connectivity index (χ3n) is 1.41. The Kier molecular flexibility index (Phi) is 65.5. The summed E-state index contributed by atoms with van der Waals surface area (Å²) in [4.78, 5) is 20.0. The molecule has 0 fully saturated rings. The van der Waals surface area contributed by atoms with Crippen LogP contribution in [0, 0.1) is 0 Å². The first-order chi connectivity index (χ1) is 10.1. The van der Waals surface area contributed by atoms with E-state index in [-0.39, 0.29) is 45.0 Å². The van der Waals surface area contributed by atoms with E-state index in [9.17, 15) is 9.59 Å². The predicted molar refractivity (Wildman–Crippen MR) is 83.9 cm³/mol. The molecule has 0 atom stereocenters. The maximum absolute atomic E-state index is 10.4. The first-order valence-electron chi connectivity index (χ1n) is 7.32. The number of hydrogen-bond donors (Lipinski definition) is 3. The van der Waals surface area contributed by atoms with Crippen LogP contribution in [0.5, 0.6) is 0 Å². The topological polar surface area (TPSA) is 104 Å². The molecule has 0 amide bonds. The zero-order valence-corrected chi connectivity index (χ0v) is 16.9. The molecule has 3 N–H and O–H groups in total. The van der Waals surface area contributed by atoms with Crippen LogP contribution in [-0.2, 0) is 40.5 Å². The van der Waals surface area contributed by atoms with Gasteiger partial charge in [-0.3, -0.25) is 11.1 Å². The Morgan fingerprint density at radius 3 is 1.41 bits per heavy atom. The van der Waals surface area contributed by atoms with E-state index in [1.165, 1.54) is 6.29 Å². The van der Waals surface area contributed by atoms with Crippen LogP contribution >= 0.6 is 0 Å². The predicted octanol–water partition coefficient (Wildman–Crippen LogP) is 1.26. The summed E-state index contributed by atoms with van der Waals surface area (Å²) in [5.41, 5.74) is 0. The first kappa shape index (κ1) is 33.6. The molecule has 0 saturated heterocycles. The molecule has 0 aromatic heterocycles. The Labute approximate surface area is 154 Å². The summed E-state index contributed by atoms with van der Waals surface area (Å²) in [6, 6.07) is 0. The number of hydrogen-bond acceptors (Lipinski definition) is 6. The average Bonchev–Trinajstić information content (AvgIpc) is 2.53. The van der Waals surface area contributed by atoms with Crippen LogP contribution in [0.3, 0.4) is 0 Å². The molecule has 0 spiro atoms. The van der Waals surface area contributed by atoms with Crippen LogP contribution in [0.25, 0.3) is 0 Å². The summed E-state index contributed by atoms with van der Waals surface area (Å²) in [7, 11) is 0. The summed E-state index contributed by atoms with van der Waals surface area (Å²) in [6.07, 6.45) is 3.97. The van der Waals surface area contributed by atoms with Gasteiger partial charge in [-0.1, -0.05) is 27.2 Å². The number of carbonyl (C=O) groups excluding carboxylic acids is 2. The Morgan fingerprint density at radius 2 is 1.23 bits per heavy atom. The molecule has 0 aliphatic heterocycles. The summed E-state index contributed by atoms with van der Waals surface area (Å²) in [5.74, 6) is -0.216. The summed E-state index contributed by atoms with van der Waals surface area (Å²) in [5, 5.41) is 23.6. The van der Waals surface area contributed by atoms with Gasteiger partial charge in [-0.15, -0.1) is 0 Å². The third-order valence-corrected chi connectivity index (χ3v) is 1.41. The van der Waals surface area contributed by atoms with E-state index in [0.717, 1.165) is 19.3 Å². The van der Waals surface area contributed by atoms with Gasteiger partial charge in [0.2, 0.25) is 0 Å². The Balaban J connectivity index is -0.0000000632. The molecule has 0 rings (SSSR count). The van der Waals surface area contributed by atoms with Crippen molar-refractivity contribution in [3.8, 4) is 0 Å². The monoisotopic (exact) mass is 399 g/mol. The van der Waals surface area contributed by atoms with Gasteiger partial charge >= 0.3 is 0 Å². The van der Waals surface area contributed by atoms with Gasteiger partial charge in [-0.05, 0) is 26.2 Å². The van der Waals surface area contributed by atoms with Crippen molar-refractivity contribution in [1.82, 2.24) is 0 Å². The molecular weight excluding hydrogens is 367 g/mol. The molecule has 0 aromatic rings. The second-order valence-electron chi connectivity index (χ2n) is 3.67. The van der Waals surface area contributed by atoms with E-state index in [1.54, 1.807) is 6.92 Å². The molecule has 6 nitrogen and oxygen atoms in total. The molecule has 134 valence electrons. The molecule has 0 unspecified atom stereocenters. The molecule has 7 heteroatoms. The molecule has 0 radical (unpaired) electrons. The summed E-state index contributed by atoms with van der Waals surface area (Å²) < 4.78 is 4.72. The Hall–Kier alpha value is 0.0631. The minimum atomic E-state index is -0.216. The fraction of sp³-hybridized carbons (Fsp3) is 0.867. The quantitative estimate of drug-likeness (QED) is 0.418. The van der Waals surface area contributed by atoms with Crippen molar-refractivity contribution in [2.24, 2.45) is 0 Å². The van der Waals surface area contributed by atoms with Crippen LogP contribution in [0.1, 0.15) is 53.4 Å². The minimum absolute atomic E-state index is 0. The largest absolute Gasteiger partial charge is 0.541 e. The van der Waals surface area contributed by atoms with E-state index < -0.39 is 0 Å². The van der Waals surface area contributed by atoms with E-state index in [1.807, 2.05) is 20.8 Å². The SMILES string of the molecule is CCCO.CCCO.CCCO.CCOCC(=O)C[C-]=O.[Zr]. The fourth-order valence-corrected chi connectivity index (χ4v) is 0.347. The number of aliphatic hydroxyl groups excluding tert-OH is 3. The van der Waals surface area contributed by atoms with E-state index in [2.05, 4.69) is 0 Å². The van der Waals surface area contributed by atoms with Crippen LogP contribution in [0.15, 0.2) is 0 Å². The summed E-state index contributed by atoms with van der Waals surface area (Å²) in [6.45, 7) is 9.08. The zero-order chi connectivity index (χ0) is 17.4. The van der Waals surface area contributed by atoms with Gasteiger partial charge in [-0.2, -0.15) is 0 Å². The second-order valence-corrected chi connectivity index (χ2v) is 3.67. The van der Waals surface area contributed by atoms with E-state index in [4.69, 9.17) is 20.1 Å². The van der Waals surface area contributed by atoms with Gasteiger partial charge in [0.1, 0.15) is 12.4 Å². The minimum Gasteiger partial charge on any atom is -0.541 e. The molecule has 0 aliphatic rings. The van der Waals surface area contributed by atoms with Crippen molar-refractivity contribution in [2.75, 3.05) is 33.0 Å². The number of Topliss-reactive ketones (excluding diaryl/α,β-unsaturated/α-hetero) is 1. The smallest absolute Gasteiger partial charge is 0.132 e. The molecule has 0 aliphatic carbocycles. The molecule has 0 bridgehead atoms. The molecule has 0 aromatic carbocycles. The zero-order valence-electron chi connectivity index (χ0n) is 14.4. The van der Waals surface area contributed by atoms with Crippen molar-refractivity contribution >= 4 is 12.1 Å². The fourth-order valence-electron chi connectivity index (χ4n) is 0.347. The van der Waals surface area contributed by atoms with Crippen molar-refractivity contribution in [2.45, 2.75) is 53.4 Å². The molecule has 22 heavy (non-hydrogen) atoms. The third kappa shape index (κ3) is 72.0. The van der Waals surface area contributed by atoms with Gasteiger partial charge in [-0.25, -0.2) is 0 Å². The van der Waals surface area contributed by atoms with Gasteiger partial charge in [0, 0.05) is 52.6 Å². The molecule has 0 heterocycles. The van der Waals surface area contributed by atoms with Gasteiger partial charge in [0.05, 0.1) is 0 Å². The normalized spacial score (nSPS) is 7.77. The van der Waals surface area contributed by atoms with Crippen LogP contribution in [0.4, 0.5) is 0 Å². The van der Waals surface area contributed by atoms with Crippen molar-refractivity contribution in [1.29, 1.82) is 0 Å². The standard InChI is InChI=1S/C6H9O3.3C3H8O.Zr/c1-2-9-5-6(8)3-4-7;3*1-2-3-4;/h2-3,5H2,1H3;3*4H,2-3H2,1H3;/q-1;;;;. The van der Waals surface area contributed by atoms with Gasteiger partial charge in [0.25, 0.3) is 0 Å². The van der Waals surface area contributed by atoms with Crippen LogP contribution < -0.4 is 0 Å². The number of ether oxygens (including phenoxy) is 1. The van der Waals surface area contributed by atoms with E-state index >= 15 is 0 Å². The number of carbonyl (C=O) groups is 1. The van der Waals surface area contributed by atoms with Crippen LogP contribution in [-0.4, -0.2) is 60.4 Å². The van der Waals surface area contributed by atoms with E-state index in [0.29, 0.717) is 26.4 Å². The maximum Gasteiger partial charge on any atom is 0.132 e. The Morgan fingerprint density at radius 1 is 0.909 bits per heavy atom. The number of aliphatic hydroxyl groups is 3. The second kappa shape index (κ2) is 42.9. The maximum atomic E-state index is 10.4. The van der Waals surface area contributed by atoms with Gasteiger partial charge < -0.3 is 24.9 Å².